The van der Waals surface area contributed by atoms with Gasteiger partial charge in [0.15, 0.2) is 11.6 Å². The number of rotatable bonds is 8. The van der Waals surface area contributed by atoms with E-state index in [9.17, 15) is 23.5 Å². The number of hydrogen-bond donors (Lipinski definition) is 3. The Balaban J connectivity index is 1.42. The number of carbonyl (C=O) groups is 2. The number of benzene rings is 2. The molecular weight excluding hydrogens is 594 g/mol. The van der Waals surface area contributed by atoms with Gasteiger partial charge in [-0.05, 0) is 74.6 Å². The Morgan fingerprint density at radius 3 is 2.68 bits per heavy atom. The highest BCUT2D eigenvalue weighted by atomic mass is 35.5. The number of ether oxygens (including phenoxy) is 2. The van der Waals surface area contributed by atoms with E-state index in [1.165, 1.54) is 19.2 Å². The number of nitrogens with one attached hydrogen (secondary N) is 1. The molecule has 1 saturated carbocycles. The van der Waals surface area contributed by atoms with Crippen molar-refractivity contribution >= 4 is 34.3 Å². The number of carbonyl (C=O) groups excluding carboxylic acids is 2. The summed E-state index contributed by atoms with van der Waals surface area (Å²) in [6.45, 7) is 3.10. The van der Waals surface area contributed by atoms with Crippen LogP contribution in [0.1, 0.15) is 46.9 Å². The zero-order chi connectivity index (χ0) is 31.6. The number of primary amides is 1. The van der Waals surface area contributed by atoms with Crippen molar-refractivity contribution in [3.63, 3.8) is 0 Å². The van der Waals surface area contributed by atoms with Crippen LogP contribution in [-0.2, 0) is 15.8 Å². The first-order valence-electron chi connectivity index (χ1n) is 13.9. The van der Waals surface area contributed by atoms with Crippen LogP contribution in [0, 0.1) is 24.5 Å². The fraction of sp³-hybridized carbons (Fsp3) is 0.312. The summed E-state index contributed by atoms with van der Waals surface area (Å²) in [6, 6.07) is 8.83. The van der Waals surface area contributed by atoms with Crippen LogP contribution in [0.2, 0.25) is 5.02 Å². The van der Waals surface area contributed by atoms with Crippen LogP contribution in [0.5, 0.6) is 11.5 Å². The maximum atomic E-state index is 14.6. The van der Waals surface area contributed by atoms with Crippen molar-refractivity contribution in [3.8, 4) is 22.8 Å². The largest absolute Gasteiger partial charge is 0.494 e. The third kappa shape index (κ3) is 4.80. The number of nitrogens with zero attached hydrogens (tertiary/aromatic N) is 2. The average molecular weight is 623 g/mol. The molecule has 1 aliphatic heterocycles. The van der Waals surface area contributed by atoms with Gasteiger partial charge in [-0.25, -0.2) is 13.8 Å². The number of nitrogens with two attached hydrogens (primary N) is 1. The highest BCUT2D eigenvalue weighted by Crippen LogP contribution is 2.50. The van der Waals surface area contributed by atoms with E-state index in [0.717, 1.165) is 11.6 Å². The van der Waals surface area contributed by atoms with Crippen molar-refractivity contribution < 1.29 is 33.0 Å². The maximum Gasteiger partial charge on any atom is 0.251 e. The Hall–Kier alpha value is -4.35. The molecule has 228 valence electrons. The number of fused-ring (bicyclic) bond motifs is 2. The molecular formula is C32H29ClF2N4O5. The molecule has 2 aliphatic rings. The molecule has 2 aromatic carbocycles. The van der Waals surface area contributed by atoms with Crippen molar-refractivity contribution in [3.05, 3.63) is 81.6 Å². The normalized spacial score (nSPS) is 18.8. The summed E-state index contributed by atoms with van der Waals surface area (Å²) < 4.78 is 39.8. The van der Waals surface area contributed by atoms with Gasteiger partial charge in [-0.2, -0.15) is 0 Å². The smallest absolute Gasteiger partial charge is 0.251 e. The Bertz CT molecular complexity index is 1870. The van der Waals surface area contributed by atoms with Gasteiger partial charge < -0.3 is 25.6 Å². The van der Waals surface area contributed by atoms with Crippen molar-refractivity contribution in [1.82, 2.24) is 15.3 Å². The number of aromatic nitrogens is 2. The molecule has 4 N–H and O–H groups in total. The van der Waals surface area contributed by atoms with Gasteiger partial charge in [-0.3, -0.25) is 14.6 Å². The lowest BCUT2D eigenvalue weighted by molar-refractivity contribution is -0.123. The first kappa shape index (κ1) is 29.7. The SMILES string of the molecule is COc1cc(C(=O)NCC(O)(c2cc3c(c(-c4ccc(F)c(F)c4Cl)n2)OC[C@]3(C)C(N)=O)C2CC2)cc2cc(C)cnc12. The summed E-state index contributed by atoms with van der Waals surface area (Å²) >= 11 is 6.22. The van der Waals surface area contributed by atoms with Crippen molar-refractivity contribution in [2.45, 2.75) is 37.7 Å². The van der Waals surface area contributed by atoms with E-state index >= 15 is 0 Å². The average Bonchev–Trinajstić information content (AvgIpc) is 3.81. The Labute approximate surface area is 256 Å². The molecule has 4 aromatic rings. The molecule has 3 heterocycles. The van der Waals surface area contributed by atoms with Crippen LogP contribution in [-0.4, -0.2) is 47.2 Å². The van der Waals surface area contributed by atoms with Crippen molar-refractivity contribution in [1.29, 1.82) is 0 Å². The molecule has 2 aromatic heterocycles. The third-order valence-corrected chi connectivity index (χ3v) is 8.86. The number of hydrogen-bond acceptors (Lipinski definition) is 7. The van der Waals surface area contributed by atoms with Gasteiger partial charge in [0.05, 0.1) is 24.4 Å². The van der Waals surface area contributed by atoms with Gasteiger partial charge >= 0.3 is 0 Å². The second kappa shape index (κ2) is 10.7. The number of methoxy groups -OCH3 is 1. The number of halogens is 3. The lowest BCUT2D eigenvalue weighted by Gasteiger charge is -2.30. The zero-order valence-corrected chi connectivity index (χ0v) is 24.9. The van der Waals surface area contributed by atoms with E-state index in [1.54, 1.807) is 25.3 Å². The summed E-state index contributed by atoms with van der Waals surface area (Å²) in [7, 11) is 1.49. The van der Waals surface area contributed by atoms with Crippen LogP contribution < -0.4 is 20.5 Å². The Kier molecular flexibility index (Phi) is 7.21. The van der Waals surface area contributed by atoms with E-state index in [-0.39, 0.29) is 41.8 Å². The first-order chi connectivity index (χ1) is 20.9. The predicted molar refractivity (Wildman–Crippen MR) is 159 cm³/mol. The Morgan fingerprint density at radius 1 is 1.25 bits per heavy atom. The van der Waals surface area contributed by atoms with E-state index < -0.39 is 39.5 Å². The second-order valence-corrected chi connectivity index (χ2v) is 12.0. The molecule has 0 saturated heterocycles. The second-order valence-electron chi connectivity index (χ2n) is 11.6. The molecule has 1 fully saturated rings. The molecule has 2 amide bonds. The monoisotopic (exact) mass is 622 g/mol. The molecule has 9 nitrogen and oxygen atoms in total. The molecule has 2 atom stereocenters. The molecule has 12 heteroatoms. The molecule has 0 radical (unpaired) electrons. The van der Waals surface area contributed by atoms with Crippen LogP contribution in [0.15, 0.2) is 42.6 Å². The summed E-state index contributed by atoms with van der Waals surface area (Å²) in [4.78, 5) is 35.1. The van der Waals surface area contributed by atoms with Gasteiger partial charge in [0.2, 0.25) is 5.91 Å². The lowest BCUT2D eigenvalue weighted by Crippen LogP contribution is -2.44. The topological polar surface area (TPSA) is 137 Å². The van der Waals surface area contributed by atoms with E-state index in [4.69, 9.17) is 26.8 Å². The summed E-state index contributed by atoms with van der Waals surface area (Å²) in [5, 5.41) is 15.2. The maximum absolute atomic E-state index is 14.6. The number of pyridine rings is 2. The van der Waals surface area contributed by atoms with Crippen LogP contribution >= 0.6 is 11.6 Å². The fourth-order valence-electron chi connectivity index (χ4n) is 5.64. The van der Waals surface area contributed by atoms with Gasteiger partial charge in [0.25, 0.3) is 5.91 Å². The van der Waals surface area contributed by atoms with Crippen LogP contribution in [0.3, 0.4) is 0 Å². The summed E-state index contributed by atoms with van der Waals surface area (Å²) in [5.41, 5.74) is 5.00. The fourth-order valence-corrected chi connectivity index (χ4v) is 5.88. The Morgan fingerprint density at radius 2 is 2.00 bits per heavy atom. The predicted octanol–water partition coefficient (Wildman–Crippen LogP) is 4.71. The highest BCUT2D eigenvalue weighted by Gasteiger charge is 2.50. The summed E-state index contributed by atoms with van der Waals surface area (Å²) in [5.74, 6) is -3.33. The highest BCUT2D eigenvalue weighted by molar-refractivity contribution is 6.33. The number of amides is 2. The minimum Gasteiger partial charge on any atom is -0.494 e. The molecule has 0 bridgehead atoms. The van der Waals surface area contributed by atoms with Gasteiger partial charge in [0.1, 0.15) is 40.3 Å². The minimum absolute atomic E-state index is 0.00623. The lowest BCUT2D eigenvalue weighted by atomic mass is 9.81. The van der Waals surface area contributed by atoms with Gasteiger partial charge in [-0.15, -0.1) is 0 Å². The van der Waals surface area contributed by atoms with E-state index in [1.807, 2.05) is 13.0 Å². The van der Waals surface area contributed by atoms with Crippen LogP contribution in [0.25, 0.3) is 22.2 Å². The molecule has 6 rings (SSSR count). The minimum atomic E-state index is -1.70. The standard InChI is InChI=1S/C32H29ClF2N4O5/c1-15-8-16-9-17(10-22(43-3)26(16)37-12-15)29(40)38-13-32(42,18-4-5-18)23-11-20-28(44-14-31(20,2)30(36)41)27(39-23)19-6-7-21(34)25(35)24(19)33/h6-12,18,42H,4-5,13-14H2,1-3H3,(H2,36,41)(H,38,40)/t31-,32?/m0/s1. The zero-order valence-electron chi connectivity index (χ0n) is 24.1. The number of aryl methyl sites for hydroxylation is 1. The first-order valence-corrected chi connectivity index (χ1v) is 14.3. The van der Waals surface area contributed by atoms with E-state index in [0.29, 0.717) is 40.6 Å². The van der Waals surface area contributed by atoms with Crippen molar-refractivity contribution in [2.75, 3.05) is 20.3 Å². The molecule has 0 spiro atoms. The van der Waals surface area contributed by atoms with Crippen molar-refractivity contribution in [2.24, 2.45) is 11.7 Å². The van der Waals surface area contributed by atoms with Gasteiger partial charge in [-0.1, -0.05) is 11.6 Å². The van der Waals surface area contributed by atoms with E-state index in [2.05, 4.69) is 15.3 Å². The summed E-state index contributed by atoms with van der Waals surface area (Å²) in [6.07, 6.45) is 3.00. The van der Waals surface area contributed by atoms with Crippen LogP contribution in [0.4, 0.5) is 8.78 Å². The number of aliphatic hydroxyl groups is 1. The third-order valence-electron chi connectivity index (χ3n) is 8.49. The molecule has 44 heavy (non-hydrogen) atoms. The quantitative estimate of drug-likeness (QED) is 0.242. The van der Waals surface area contributed by atoms with Gasteiger partial charge in [0, 0.05) is 28.3 Å². The molecule has 1 aliphatic carbocycles. The molecule has 1 unspecified atom stereocenters.